The van der Waals surface area contributed by atoms with E-state index in [2.05, 4.69) is 24.5 Å². The lowest BCUT2D eigenvalue weighted by molar-refractivity contribution is -0.121. The molecule has 1 amide bonds. The van der Waals surface area contributed by atoms with E-state index in [-0.39, 0.29) is 11.9 Å². The summed E-state index contributed by atoms with van der Waals surface area (Å²) in [7, 11) is 0. The third kappa shape index (κ3) is 6.03. The van der Waals surface area contributed by atoms with E-state index < -0.39 is 0 Å². The highest BCUT2D eigenvalue weighted by atomic mass is 16.5. The number of hydrogen-bond donors (Lipinski definition) is 2. The van der Waals surface area contributed by atoms with Gasteiger partial charge in [-0.25, -0.2) is 0 Å². The van der Waals surface area contributed by atoms with E-state index in [1.54, 1.807) is 0 Å². The summed E-state index contributed by atoms with van der Waals surface area (Å²) >= 11 is 0. The number of nitrogens with one attached hydrogen (secondary N) is 2. The lowest BCUT2D eigenvalue weighted by atomic mass is 10.00. The van der Waals surface area contributed by atoms with Gasteiger partial charge in [0.2, 0.25) is 5.91 Å². The van der Waals surface area contributed by atoms with E-state index in [0.29, 0.717) is 24.7 Å². The average Bonchev–Trinajstić information content (AvgIpc) is 2.14. The number of amides is 1. The van der Waals surface area contributed by atoms with Crippen molar-refractivity contribution >= 4 is 5.91 Å². The van der Waals surface area contributed by atoms with Gasteiger partial charge in [-0.15, -0.1) is 0 Å². The molecule has 0 spiro atoms. The van der Waals surface area contributed by atoms with Crippen LogP contribution in [-0.2, 0) is 9.53 Å². The molecule has 17 heavy (non-hydrogen) atoms. The lowest BCUT2D eigenvalue weighted by Gasteiger charge is -2.32. The van der Waals surface area contributed by atoms with Crippen molar-refractivity contribution in [1.29, 1.82) is 0 Å². The Bertz CT molecular complexity index is 234. The molecule has 4 heteroatoms. The molecular formula is C13H26N2O2. The van der Waals surface area contributed by atoms with E-state index in [9.17, 15) is 4.79 Å². The molecule has 2 N–H and O–H groups in total. The van der Waals surface area contributed by atoms with Gasteiger partial charge < -0.3 is 15.4 Å². The maximum Gasteiger partial charge on any atom is 0.221 e. The lowest BCUT2D eigenvalue weighted by Crippen LogP contribution is -2.42. The predicted molar refractivity (Wildman–Crippen MR) is 68.9 cm³/mol. The molecule has 1 saturated heterocycles. The summed E-state index contributed by atoms with van der Waals surface area (Å²) in [4.78, 5) is 11.4. The smallest absolute Gasteiger partial charge is 0.221 e. The van der Waals surface area contributed by atoms with Crippen LogP contribution in [0.3, 0.4) is 0 Å². The molecule has 0 saturated carbocycles. The number of hydrogen-bond acceptors (Lipinski definition) is 3. The summed E-state index contributed by atoms with van der Waals surface area (Å²) in [5.74, 6) is 0.126. The summed E-state index contributed by atoms with van der Waals surface area (Å²) in [6.45, 7) is 8.93. The Labute approximate surface area is 104 Å². The first-order valence-corrected chi connectivity index (χ1v) is 6.65. The minimum atomic E-state index is 0.126. The maximum atomic E-state index is 11.4. The van der Waals surface area contributed by atoms with Crippen molar-refractivity contribution in [2.75, 3.05) is 6.54 Å². The third-order valence-electron chi connectivity index (χ3n) is 2.93. The Hall–Kier alpha value is -0.610. The van der Waals surface area contributed by atoms with Gasteiger partial charge >= 0.3 is 0 Å². The quantitative estimate of drug-likeness (QED) is 0.767. The Morgan fingerprint density at radius 3 is 2.41 bits per heavy atom. The van der Waals surface area contributed by atoms with E-state index in [1.807, 2.05) is 13.8 Å². The van der Waals surface area contributed by atoms with E-state index >= 15 is 0 Å². The zero-order valence-electron chi connectivity index (χ0n) is 11.5. The number of carbonyl (C=O) groups is 1. The second-order valence-electron chi connectivity index (χ2n) is 5.35. The van der Waals surface area contributed by atoms with Crippen LogP contribution < -0.4 is 10.6 Å². The molecular weight excluding hydrogens is 216 g/mol. The second kappa shape index (κ2) is 6.97. The Morgan fingerprint density at radius 2 is 1.88 bits per heavy atom. The van der Waals surface area contributed by atoms with E-state index in [0.717, 1.165) is 19.4 Å². The fourth-order valence-electron chi connectivity index (χ4n) is 2.36. The molecule has 0 aromatic heterocycles. The number of carbonyl (C=O) groups excluding carboxylic acids is 1. The van der Waals surface area contributed by atoms with Crippen molar-refractivity contribution < 1.29 is 9.53 Å². The van der Waals surface area contributed by atoms with E-state index in [1.165, 1.54) is 0 Å². The number of rotatable bonds is 5. The van der Waals surface area contributed by atoms with Gasteiger partial charge in [0.05, 0.1) is 12.2 Å². The van der Waals surface area contributed by atoms with Gasteiger partial charge in [-0.2, -0.15) is 0 Å². The minimum Gasteiger partial charge on any atom is -0.375 e. The van der Waals surface area contributed by atoms with Crippen LogP contribution in [-0.4, -0.2) is 36.7 Å². The molecule has 2 unspecified atom stereocenters. The molecule has 0 radical (unpaired) electrons. The van der Waals surface area contributed by atoms with Crippen LogP contribution in [0.1, 0.15) is 47.0 Å². The largest absolute Gasteiger partial charge is 0.375 e. The van der Waals surface area contributed by atoms with Gasteiger partial charge in [0.1, 0.15) is 0 Å². The van der Waals surface area contributed by atoms with Crippen LogP contribution in [0.4, 0.5) is 0 Å². The van der Waals surface area contributed by atoms with Crippen LogP contribution in [0.15, 0.2) is 0 Å². The molecule has 0 aliphatic carbocycles. The van der Waals surface area contributed by atoms with Gasteiger partial charge in [0.15, 0.2) is 0 Å². The monoisotopic (exact) mass is 242 g/mol. The highest BCUT2D eigenvalue weighted by Gasteiger charge is 2.23. The highest BCUT2D eigenvalue weighted by molar-refractivity contribution is 5.76. The molecule has 1 fully saturated rings. The van der Waals surface area contributed by atoms with Crippen LogP contribution in [0, 0.1) is 0 Å². The van der Waals surface area contributed by atoms with Crippen LogP contribution in [0.5, 0.6) is 0 Å². The fraction of sp³-hybridized carbons (Fsp3) is 0.923. The average molecular weight is 242 g/mol. The van der Waals surface area contributed by atoms with Gasteiger partial charge in [-0.1, -0.05) is 0 Å². The van der Waals surface area contributed by atoms with Crippen molar-refractivity contribution in [2.24, 2.45) is 0 Å². The van der Waals surface area contributed by atoms with Crippen LogP contribution in [0.25, 0.3) is 0 Å². The Balaban J connectivity index is 2.15. The van der Waals surface area contributed by atoms with Crippen molar-refractivity contribution in [3.05, 3.63) is 0 Å². The topological polar surface area (TPSA) is 50.4 Å². The van der Waals surface area contributed by atoms with Gasteiger partial charge in [-0.05, 0) is 40.5 Å². The standard InChI is InChI=1S/C13H26N2O2/c1-9(2)15-13(16)5-6-14-12-7-10(3)17-11(4)8-12/h9-12,14H,5-8H2,1-4H3,(H,15,16). The Kier molecular flexibility index (Phi) is 5.92. The molecule has 0 bridgehead atoms. The Morgan fingerprint density at radius 1 is 1.29 bits per heavy atom. The summed E-state index contributed by atoms with van der Waals surface area (Å²) in [5, 5.41) is 6.34. The summed E-state index contributed by atoms with van der Waals surface area (Å²) in [5.41, 5.74) is 0. The first kappa shape index (κ1) is 14.5. The van der Waals surface area contributed by atoms with Gasteiger partial charge in [0.25, 0.3) is 0 Å². The molecule has 1 rings (SSSR count). The molecule has 1 heterocycles. The molecule has 0 aromatic rings. The minimum absolute atomic E-state index is 0.126. The summed E-state index contributed by atoms with van der Waals surface area (Å²) < 4.78 is 5.68. The SMILES string of the molecule is CC(C)NC(=O)CCNC1CC(C)OC(C)C1. The van der Waals surface area contributed by atoms with Gasteiger partial charge in [0, 0.05) is 25.0 Å². The predicted octanol–water partition coefficient (Wildman–Crippen LogP) is 1.45. The molecule has 1 aliphatic rings. The molecule has 4 nitrogen and oxygen atoms in total. The zero-order chi connectivity index (χ0) is 12.8. The first-order chi connectivity index (χ1) is 7.97. The molecule has 100 valence electrons. The number of ether oxygens (including phenoxy) is 1. The highest BCUT2D eigenvalue weighted by Crippen LogP contribution is 2.18. The molecule has 0 aromatic carbocycles. The molecule has 2 atom stereocenters. The normalized spacial score (nSPS) is 29.4. The van der Waals surface area contributed by atoms with Crippen LogP contribution in [0.2, 0.25) is 0 Å². The summed E-state index contributed by atoms with van der Waals surface area (Å²) in [6, 6.07) is 0.714. The maximum absolute atomic E-state index is 11.4. The van der Waals surface area contributed by atoms with Crippen molar-refractivity contribution in [3.63, 3.8) is 0 Å². The van der Waals surface area contributed by atoms with Crippen molar-refractivity contribution in [2.45, 2.75) is 71.2 Å². The molecule has 1 aliphatic heterocycles. The van der Waals surface area contributed by atoms with Crippen molar-refractivity contribution in [1.82, 2.24) is 10.6 Å². The second-order valence-corrected chi connectivity index (χ2v) is 5.35. The van der Waals surface area contributed by atoms with E-state index in [4.69, 9.17) is 4.74 Å². The van der Waals surface area contributed by atoms with Gasteiger partial charge in [-0.3, -0.25) is 4.79 Å². The third-order valence-corrected chi connectivity index (χ3v) is 2.93. The summed E-state index contributed by atoms with van der Waals surface area (Å²) in [6.07, 6.45) is 3.27. The zero-order valence-corrected chi connectivity index (χ0v) is 11.5. The van der Waals surface area contributed by atoms with Crippen LogP contribution >= 0.6 is 0 Å². The van der Waals surface area contributed by atoms with Crippen molar-refractivity contribution in [3.8, 4) is 0 Å². The first-order valence-electron chi connectivity index (χ1n) is 6.65. The fourth-order valence-corrected chi connectivity index (χ4v) is 2.36.